The second kappa shape index (κ2) is 7.90. The minimum atomic E-state index is -0.0537. The Morgan fingerprint density at radius 1 is 1.00 bits per heavy atom. The Morgan fingerprint density at radius 3 is 2.48 bits per heavy atom. The number of hydrogen-bond acceptors (Lipinski definition) is 5. The van der Waals surface area contributed by atoms with Crippen molar-refractivity contribution in [1.82, 2.24) is 14.9 Å². The number of fused-ring (bicyclic) bond motifs is 1. The van der Waals surface area contributed by atoms with Gasteiger partial charge in [-0.05, 0) is 24.3 Å². The number of aromatic nitrogens is 2. The van der Waals surface area contributed by atoms with Gasteiger partial charge in [0.2, 0.25) is 5.91 Å². The largest absolute Gasteiger partial charge is 0.353 e. The van der Waals surface area contributed by atoms with Crippen LogP contribution in [0.3, 0.4) is 0 Å². The van der Waals surface area contributed by atoms with Gasteiger partial charge in [-0.3, -0.25) is 14.7 Å². The molecule has 1 aliphatic heterocycles. The molecule has 4 rings (SSSR count). The molecule has 1 saturated heterocycles. The smallest absolute Gasteiger partial charge is 0.238 e. The number of rotatable bonds is 4. The number of hydrogen-bond donors (Lipinski definition) is 1. The van der Waals surface area contributed by atoms with E-state index in [0.29, 0.717) is 17.3 Å². The van der Waals surface area contributed by atoms with Crippen molar-refractivity contribution in [2.45, 2.75) is 0 Å². The van der Waals surface area contributed by atoms with Crippen LogP contribution in [-0.2, 0) is 4.79 Å². The van der Waals surface area contributed by atoms with Gasteiger partial charge in [-0.25, -0.2) is 4.98 Å². The lowest BCUT2D eigenvalue weighted by molar-refractivity contribution is -0.117. The minimum Gasteiger partial charge on any atom is -0.353 e. The van der Waals surface area contributed by atoms with Crippen LogP contribution in [0.25, 0.3) is 11.0 Å². The zero-order valence-corrected chi connectivity index (χ0v) is 15.6. The SMILES string of the molecule is O=C(CN1CCN(c2cnc3ccccc3n2)CC1)Nc1ccccc1Cl. The van der Waals surface area contributed by atoms with E-state index >= 15 is 0 Å². The van der Waals surface area contributed by atoms with Crippen LogP contribution in [0.15, 0.2) is 54.7 Å². The Balaban J connectivity index is 1.33. The molecular formula is C20H20ClN5O. The van der Waals surface area contributed by atoms with E-state index in [1.807, 2.05) is 42.6 Å². The van der Waals surface area contributed by atoms with Crippen molar-refractivity contribution in [3.63, 3.8) is 0 Å². The summed E-state index contributed by atoms with van der Waals surface area (Å²) >= 11 is 6.09. The van der Waals surface area contributed by atoms with Gasteiger partial charge in [-0.1, -0.05) is 35.9 Å². The second-order valence-corrected chi connectivity index (χ2v) is 6.92. The summed E-state index contributed by atoms with van der Waals surface area (Å²) < 4.78 is 0. The average Bonchev–Trinajstić information content (AvgIpc) is 2.70. The van der Waals surface area contributed by atoms with Crippen molar-refractivity contribution in [1.29, 1.82) is 0 Å². The van der Waals surface area contributed by atoms with Gasteiger partial charge in [0.05, 0.1) is 34.5 Å². The van der Waals surface area contributed by atoms with Crippen LogP contribution in [0.1, 0.15) is 0 Å². The number of carbonyl (C=O) groups is 1. The lowest BCUT2D eigenvalue weighted by Crippen LogP contribution is -2.49. The molecule has 6 nitrogen and oxygen atoms in total. The number of nitrogens with one attached hydrogen (secondary N) is 1. The molecule has 1 aromatic heterocycles. The van der Waals surface area contributed by atoms with Crippen LogP contribution in [-0.4, -0.2) is 53.5 Å². The lowest BCUT2D eigenvalue weighted by Gasteiger charge is -2.34. The van der Waals surface area contributed by atoms with Crippen molar-refractivity contribution >= 4 is 40.0 Å². The molecule has 0 radical (unpaired) electrons. The third-order valence-electron chi connectivity index (χ3n) is 4.65. The first-order valence-corrected chi connectivity index (χ1v) is 9.30. The molecule has 0 atom stereocenters. The Kier molecular flexibility index (Phi) is 5.18. The fourth-order valence-corrected chi connectivity index (χ4v) is 3.37. The van der Waals surface area contributed by atoms with Crippen molar-refractivity contribution in [3.8, 4) is 0 Å². The number of benzene rings is 2. The maximum Gasteiger partial charge on any atom is 0.238 e. The summed E-state index contributed by atoms with van der Waals surface area (Å²) in [7, 11) is 0. The van der Waals surface area contributed by atoms with E-state index in [2.05, 4.69) is 20.1 Å². The van der Waals surface area contributed by atoms with Gasteiger partial charge in [0, 0.05) is 26.2 Å². The highest BCUT2D eigenvalue weighted by Gasteiger charge is 2.20. The van der Waals surface area contributed by atoms with E-state index in [0.717, 1.165) is 43.0 Å². The zero-order valence-electron chi connectivity index (χ0n) is 14.8. The molecule has 1 amide bonds. The van der Waals surface area contributed by atoms with Crippen molar-refractivity contribution in [3.05, 3.63) is 59.8 Å². The van der Waals surface area contributed by atoms with Crippen LogP contribution >= 0.6 is 11.6 Å². The quantitative estimate of drug-likeness (QED) is 0.752. The van der Waals surface area contributed by atoms with Gasteiger partial charge in [-0.2, -0.15) is 0 Å². The van der Waals surface area contributed by atoms with E-state index in [4.69, 9.17) is 16.6 Å². The molecule has 0 spiro atoms. The predicted molar refractivity (Wildman–Crippen MR) is 108 cm³/mol. The van der Waals surface area contributed by atoms with Gasteiger partial charge in [0.25, 0.3) is 0 Å². The van der Waals surface area contributed by atoms with Gasteiger partial charge >= 0.3 is 0 Å². The highest BCUT2D eigenvalue weighted by molar-refractivity contribution is 6.33. The number of piperazine rings is 1. The Bertz CT molecular complexity index is 956. The summed E-state index contributed by atoms with van der Waals surface area (Å²) in [5, 5.41) is 3.42. The fourth-order valence-electron chi connectivity index (χ4n) is 3.19. The summed E-state index contributed by atoms with van der Waals surface area (Å²) in [6, 6.07) is 15.1. The summed E-state index contributed by atoms with van der Waals surface area (Å²) in [5.74, 6) is 0.830. The lowest BCUT2D eigenvalue weighted by atomic mass is 10.3. The zero-order chi connectivity index (χ0) is 18.6. The topological polar surface area (TPSA) is 61.4 Å². The molecule has 0 aliphatic carbocycles. The monoisotopic (exact) mass is 381 g/mol. The molecule has 138 valence electrons. The summed E-state index contributed by atoms with van der Waals surface area (Å²) in [6.45, 7) is 3.57. The number of para-hydroxylation sites is 3. The van der Waals surface area contributed by atoms with Gasteiger partial charge in [0.15, 0.2) is 0 Å². The average molecular weight is 382 g/mol. The molecule has 1 fully saturated rings. The van der Waals surface area contributed by atoms with Crippen LogP contribution < -0.4 is 10.2 Å². The standard InChI is InChI=1S/C20H20ClN5O/c21-15-5-1-2-6-16(15)24-20(27)14-25-9-11-26(12-10-25)19-13-22-17-7-3-4-8-18(17)23-19/h1-8,13H,9-12,14H2,(H,24,27). The molecule has 7 heteroatoms. The molecular weight excluding hydrogens is 362 g/mol. The second-order valence-electron chi connectivity index (χ2n) is 6.51. The molecule has 27 heavy (non-hydrogen) atoms. The Morgan fingerprint density at radius 2 is 1.70 bits per heavy atom. The van der Waals surface area contributed by atoms with Crippen LogP contribution in [0.5, 0.6) is 0 Å². The Labute approximate surface area is 162 Å². The molecule has 0 saturated carbocycles. The normalized spacial score (nSPS) is 15.1. The Hall–Kier alpha value is -2.70. The first-order valence-electron chi connectivity index (χ1n) is 8.92. The molecule has 1 N–H and O–H groups in total. The number of carbonyl (C=O) groups excluding carboxylic acids is 1. The van der Waals surface area contributed by atoms with Gasteiger partial charge in [-0.15, -0.1) is 0 Å². The molecule has 0 unspecified atom stereocenters. The summed E-state index contributed by atoms with van der Waals surface area (Å²) in [4.78, 5) is 25.8. The van der Waals surface area contributed by atoms with E-state index in [9.17, 15) is 4.79 Å². The molecule has 2 heterocycles. The first kappa shape index (κ1) is 17.7. The van der Waals surface area contributed by atoms with Crippen molar-refractivity contribution < 1.29 is 4.79 Å². The van der Waals surface area contributed by atoms with E-state index in [1.165, 1.54) is 0 Å². The van der Waals surface area contributed by atoms with Gasteiger partial charge in [0.1, 0.15) is 5.82 Å². The number of anilines is 2. The highest BCUT2D eigenvalue weighted by Crippen LogP contribution is 2.20. The summed E-state index contributed by atoms with van der Waals surface area (Å²) in [5.41, 5.74) is 2.45. The van der Waals surface area contributed by atoms with Crippen LogP contribution in [0.2, 0.25) is 5.02 Å². The third kappa shape index (κ3) is 4.18. The number of halogens is 1. The van der Waals surface area contributed by atoms with E-state index < -0.39 is 0 Å². The molecule has 1 aliphatic rings. The maximum atomic E-state index is 12.3. The molecule has 3 aromatic rings. The van der Waals surface area contributed by atoms with Crippen LogP contribution in [0.4, 0.5) is 11.5 Å². The first-order chi connectivity index (χ1) is 13.2. The molecule has 0 bridgehead atoms. The summed E-state index contributed by atoms with van der Waals surface area (Å²) in [6.07, 6.45) is 1.82. The highest BCUT2D eigenvalue weighted by atomic mass is 35.5. The predicted octanol–water partition coefficient (Wildman–Crippen LogP) is 3.04. The number of nitrogens with zero attached hydrogens (tertiary/aromatic N) is 4. The molecule has 2 aromatic carbocycles. The minimum absolute atomic E-state index is 0.0537. The van der Waals surface area contributed by atoms with Crippen molar-refractivity contribution in [2.75, 3.05) is 42.9 Å². The maximum absolute atomic E-state index is 12.3. The van der Waals surface area contributed by atoms with Gasteiger partial charge < -0.3 is 10.2 Å². The van der Waals surface area contributed by atoms with E-state index in [-0.39, 0.29) is 5.91 Å². The fraction of sp³-hybridized carbons (Fsp3) is 0.250. The third-order valence-corrected chi connectivity index (χ3v) is 4.98. The number of amides is 1. The van der Waals surface area contributed by atoms with Crippen molar-refractivity contribution in [2.24, 2.45) is 0 Å². The van der Waals surface area contributed by atoms with Crippen LogP contribution in [0, 0.1) is 0 Å². The van der Waals surface area contributed by atoms with E-state index in [1.54, 1.807) is 12.1 Å².